The summed E-state index contributed by atoms with van der Waals surface area (Å²) in [5, 5.41) is 9.37. The van der Waals surface area contributed by atoms with Crippen LogP contribution in [0, 0.1) is 12.8 Å². The summed E-state index contributed by atoms with van der Waals surface area (Å²) in [6.07, 6.45) is 1.92. The Hall–Kier alpha value is -2.82. The first-order chi connectivity index (χ1) is 12.1. The van der Waals surface area contributed by atoms with Crippen molar-refractivity contribution in [3.05, 3.63) is 59.5 Å². The van der Waals surface area contributed by atoms with Crippen molar-refractivity contribution in [2.75, 3.05) is 13.1 Å². The maximum Gasteiger partial charge on any atom is 0.254 e. The molecule has 5 nitrogen and oxygen atoms in total. The number of hydrogen-bond donors (Lipinski definition) is 1. The highest BCUT2D eigenvalue weighted by Crippen LogP contribution is 2.24. The molecule has 5 heteroatoms. The third kappa shape index (κ3) is 3.22. The number of benzene rings is 2. The molecular formula is C20H20N2O3. The fraction of sp³-hybridized carbons (Fsp3) is 0.300. The lowest BCUT2D eigenvalue weighted by Gasteiger charge is -2.16. The Kier molecular flexibility index (Phi) is 3.92. The zero-order valence-electron chi connectivity index (χ0n) is 14.1. The van der Waals surface area contributed by atoms with Gasteiger partial charge in [-0.15, -0.1) is 0 Å². The standard InChI is InChI=1S/C20H20N2O3/c1-13-21-18-7-4-16(11-19(18)25-13)20(24)22-9-8-15(12-22)10-14-2-5-17(23)6-3-14/h2-7,11,15,23H,8-10,12H2,1H3. The minimum atomic E-state index is 0.0455. The van der Waals surface area contributed by atoms with Crippen LogP contribution in [-0.4, -0.2) is 34.0 Å². The van der Waals surface area contributed by atoms with E-state index in [4.69, 9.17) is 4.42 Å². The van der Waals surface area contributed by atoms with Crippen LogP contribution in [0.5, 0.6) is 5.75 Å². The molecule has 1 atom stereocenters. The van der Waals surface area contributed by atoms with Gasteiger partial charge in [-0.1, -0.05) is 12.1 Å². The van der Waals surface area contributed by atoms with Crippen LogP contribution in [0.25, 0.3) is 11.1 Å². The Morgan fingerprint density at radius 1 is 1.28 bits per heavy atom. The van der Waals surface area contributed by atoms with Gasteiger partial charge in [-0.2, -0.15) is 0 Å². The summed E-state index contributed by atoms with van der Waals surface area (Å²) in [4.78, 5) is 18.9. The topological polar surface area (TPSA) is 66.6 Å². The molecule has 4 rings (SSSR count). The first-order valence-electron chi connectivity index (χ1n) is 8.53. The van der Waals surface area contributed by atoms with Crippen LogP contribution in [-0.2, 0) is 6.42 Å². The monoisotopic (exact) mass is 336 g/mol. The number of aryl methyl sites for hydroxylation is 1. The average Bonchev–Trinajstić information content (AvgIpc) is 3.21. The number of aromatic nitrogens is 1. The Bertz CT molecular complexity index is 914. The van der Waals surface area contributed by atoms with E-state index in [0.717, 1.165) is 31.4 Å². The average molecular weight is 336 g/mol. The maximum absolute atomic E-state index is 12.8. The van der Waals surface area contributed by atoms with Crippen LogP contribution >= 0.6 is 0 Å². The number of carbonyl (C=O) groups excluding carboxylic acids is 1. The lowest BCUT2D eigenvalue weighted by atomic mass is 9.99. The van der Waals surface area contributed by atoms with Crippen molar-refractivity contribution in [1.82, 2.24) is 9.88 Å². The summed E-state index contributed by atoms with van der Waals surface area (Å²) >= 11 is 0. The number of hydrogen-bond acceptors (Lipinski definition) is 4. The van der Waals surface area contributed by atoms with Crippen molar-refractivity contribution in [2.24, 2.45) is 5.92 Å². The van der Waals surface area contributed by atoms with Gasteiger partial charge in [0, 0.05) is 25.6 Å². The lowest BCUT2D eigenvalue weighted by molar-refractivity contribution is 0.0787. The predicted molar refractivity (Wildman–Crippen MR) is 94.6 cm³/mol. The molecule has 128 valence electrons. The Morgan fingerprint density at radius 3 is 2.88 bits per heavy atom. The summed E-state index contributed by atoms with van der Waals surface area (Å²) in [6.45, 7) is 3.33. The van der Waals surface area contributed by atoms with E-state index in [2.05, 4.69) is 4.98 Å². The number of rotatable bonds is 3. The zero-order chi connectivity index (χ0) is 17.4. The first kappa shape index (κ1) is 15.7. The molecule has 1 unspecified atom stereocenters. The minimum Gasteiger partial charge on any atom is -0.508 e. The van der Waals surface area contributed by atoms with Gasteiger partial charge < -0.3 is 14.4 Å². The molecule has 0 bridgehead atoms. The van der Waals surface area contributed by atoms with Gasteiger partial charge in [0.1, 0.15) is 11.3 Å². The normalized spacial score (nSPS) is 17.3. The van der Waals surface area contributed by atoms with E-state index in [-0.39, 0.29) is 11.7 Å². The molecule has 2 heterocycles. The van der Waals surface area contributed by atoms with Gasteiger partial charge in [0.15, 0.2) is 11.5 Å². The molecule has 3 aromatic rings. The van der Waals surface area contributed by atoms with E-state index >= 15 is 0 Å². The van der Waals surface area contributed by atoms with Crippen LogP contribution in [0.4, 0.5) is 0 Å². The van der Waals surface area contributed by atoms with Crippen molar-refractivity contribution in [3.8, 4) is 5.75 Å². The quantitative estimate of drug-likeness (QED) is 0.794. The van der Waals surface area contributed by atoms with Crippen molar-refractivity contribution in [3.63, 3.8) is 0 Å². The second-order valence-corrected chi connectivity index (χ2v) is 6.69. The summed E-state index contributed by atoms with van der Waals surface area (Å²) in [5.41, 5.74) is 3.27. The number of oxazole rings is 1. The fourth-order valence-electron chi connectivity index (χ4n) is 3.50. The van der Waals surface area contributed by atoms with E-state index in [1.165, 1.54) is 5.56 Å². The van der Waals surface area contributed by atoms with Gasteiger partial charge in [0.05, 0.1) is 0 Å². The molecule has 0 radical (unpaired) electrons. The summed E-state index contributed by atoms with van der Waals surface area (Å²) in [6, 6.07) is 12.7. The third-order valence-corrected chi connectivity index (χ3v) is 4.78. The minimum absolute atomic E-state index is 0.0455. The molecule has 1 aliphatic rings. The van der Waals surface area contributed by atoms with Gasteiger partial charge in [-0.3, -0.25) is 4.79 Å². The SMILES string of the molecule is Cc1nc2ccc(C(=O)N3CCC(Cc4ccc(O)cc4)C3)cc2o1. The molecule has 25 heavy (non-hydrogen) atoms. The molecule has 0 spiro atoms. The number of likely N-dealkylation sites (tertiary alicyclic amines) is 1. The molecule has 1 fully saturated rings. The smallest absolute Gasteiger partial charge is 0.254 e. The molecule has 1 aliphatic heterocycles. The van der Waals surface area contributed by atoms with Crippen LogP contribution in [0.2, 0.25) is 0 Å². The molecule has 0 saturated carbocycles. The largest absolute Gasteiger partial charge is 0.508 e. The highest BCUT2D eigenvalue weighted by molar-refractivity contribution is 5.97. The van der Waals surface area contributed by atoms with E-state index in [0.29, 0.717) is 23.0 Å². The van der Waals surface area contributed by atoms with Crippen molar-refractivity contribution in [2.45, 2.75) is 19.8 Å². The first-order valence-corrected chi connectivity index (χ1v) is 8.53. The lowest BCUT2D eigenvalue weighted by Crippen LogP contribution is -2.28. The second-order valence-electron chi connectivity index (χ2n) is 6.69. The number of carbonyl (C=O) groups is 1. The Morgan fingerprint density at radius 2 is 2.08 bits per heavy atom. The molecule has 0 aliphatic carbocycles. The second kappa shape index (κ2) is 6.24. The van der Waals surface area contributed by atoms with Crippen molar-refractivity contribution >= 4 is 17.0 Å². The number of amides is 1. The van der Waals surface area contributed by atoms with Crippen LogP contribution in [0.3, 0.4) is 0 Å². The van der Waals surface area contributed by atoms with Crippen LogP contribution in [0.1, 0.15) is 28.2 Å². The van der Waals surface area contributed by atoms with Crippen LogP contribution in [0.15, 0.2) is 46.9 Å². The predicted octanol–water partition coefficient (Wildman–Crippen LogP) is 3.55. The number of phenols is 1. The Balaban J connectivity index is 1.44. The van der Waals surface area contributed by atoms with Crippen LogP contribution < -0.4 is 0 Å². The summed E-state index contributed by atoms with van der Waals surface area (Å²) < 4.78 is 5.53. The highest BCUT2D eigenvalue weighted by Gasteiger charge is 2.27. The van der Waals surface area contributed by atoms with Crippen molar-refractivity contribution in [1.29, 1.82) is 0 Å². The molecular weight excluding hydrogens is 316 g/mol. The van der Waals surface area contributed by atoms with E-state index < -0.39 is 0 Å². The number of nitrogens with zero attached hydrogens (tertiary/aromatic N) is 2. The Labute approximate surface area is 145 Å². The highest BCUT2D eigenvalue weighted by atomic mass is 16.3. The van der Waals surface area contributed by atoms with Gasteiger partial charge in [0.25, 0.3) is 5.91 Å². The molecule has 2 aromatic carbocycles. The molecule has 1 aromatic heterocycles. The van der Waals surface area contributed by atoms with Gasteiger partial charge in [-0.05, 0) is 54.7 Å². The molecule has 1 amide bonds. The zero-order valence-corrected chi connectivity index (χ0v) is 14.1. The van der Waals surface area contributed by atoms with Gasteiger partial charge in [-0.25, -0.2) is 4.98 Å². The van der Waals surface area contributed by atoms with Crippen molar-refractivity contribution < 1.29 is 14.3 Å². The third-order valence-electron chi connectivity index (χ3n) is 4.78. The van der Waals surface area contributed by atoms with E-state index in [1.807, 2.05) is 29.2 Å². The fourth-order valence-corrected chi connectivity index (χ4v) is 3.50. The number of aromatic hydroxyl groups is 1. The van der Waals surface area contributed by atoms with E-state index in [1.54, 1.807) is 25.1 Å². The summed E-state index contributed by atoms with van der Waals surface area (Å²) in [5.74, 6) is 1.38. The van der Waals surface area contributed by atoms with E-state index in [9.17, 15) is 9.90 Å². The summed E-state index contributed by atoms with van der Waals surface area (Å²) in [7, 11) is 0. The maximum atomic E-state index is 12.8. The number of phenolic OH excluding ortho intramolecular Hbond substituents is 1. The molecule has 1 saturated heterocycles. The molecule has 1 N–H and O–H groups in total. The number of fused-ring (bicyclic) bond motifs is 1. The van der Waals surface area contributed by atoms with Gasteiger partial charge in [0.2, 0.25) is 0 Å². The van der Waals surface area contributed by atoms with Gasteiger partial charge >= 0.3 is 0 Å².